The number of rotatable bonds is 6. The molecular weight excluding hydrogens is 186 g/mol. The second kappa shape index (κ2) is 6.49. The number of hydrogen-bond acceptors (Lipinski definition) is 2. The maximum Gasteiger partial charge on any atom is 0.0527 e. The van der Waals surface area contributed by atoms with E-state index in [0.717, 1.165) is 12.3 Å². The minimum atomic E-state index is -0.141. The van der Waals surface area contributed by atoms with E-state index >= 15 is 0 Å². The van der Waals surface area contributed by atoms with Gasteiger partial charge < -0.3 is 10.0 Å². The topological polar surface area (TPSA) is 23.5 Å². The molecule has 0 bridgehead atoms. The van der Waals surface area contributed by atoms with Crippen molar-refractivity contribution in [1.82, 2.24) is 4.90 Å². The minimum Gasteiger partial charge on any atom is -0.393 e. The Balaban J connectivity index is 2.38. The quantitative estimate of drug-likeness (QED) is 0.733. The van der Waals surface area contributed by atoms with Gasteiger partial charge in [0.2, 0.25) is 0 Å². The van der Waals surface area contributed by atoms with Crippen LogP contribution in [0.1, 0.15) is 52.9 Å². The summed E-state index contributed by atoms with van der Waals surface area (Å²) in [6.45, 7) is 8.97. The largest absolute Gasteiger partial charge is 0.393 e. The lowest BCUT2D eigenvalue weighted by Gasteiger charge is -2.28. The summed E-state index contributed by atoms with van der Waals surface area (Å²) in [7, 11) is 0. The van der Waals surface area contributed by atoms with Crippen LogP contribution in [0.25, 0.3) is 0 Å². The standard InChI is InChI=1S/C13H27NO/c1-4-12(5-2)10-14-8-6-7-13(14)9-11(3)15/h11-13,15H,4-10H2,1-3H3. The van der Waals surface area contributed by atoms with Gasteiger partial charge in [-0.05, 0) is 38.6 Å². The Bertz CT molecular complexity index is 166. The zero-order chi connectivity index (χ0) is 11.3. The molecule has 1 N–H and O–H groups in total. The van der Waals surface area contributed by atoms with Crippen molar-refractivity contribution in [3.05, 3.63) is 0 Å². The fourth-order valence-electron chi connectivity index (χ4n) is 2.67. The predicted molar refractivity (Wildman–Crippen MR) is 65.0 cm³/mol. The van der Waals surface area contributed by atoms with E-state index in [2.05, 4.69) is 18.7 Å². The lowest BCUT2D eigenvalue weighted by molar-refractivity contribution is 0.123. The van der Waals surface area contributed by atoms with E-state index in [1.165, 1.54) is 38.8 Å². The Hall–Kier alpha value is -0.0800. The molecule has 1 heterocycles. The van der Waals surface area contributed by atoms with E-state index in [1.54, 1.807) is 0 Å². The molecule has 2 unspecified atom stereocenters. The van der Waals surface area contributed by atoms with Crippen LogP contribution < -0.4 is 0 Å². The van der Waals surface area contributed by atoms with Gasteiger partial charge in [-0.25, -0.2) is 0 Å². The third-order valence-corrected chi connectivity index (χ3v) is 3.76. The van der Waals surface area contributed by atoms with E-state index in [9.17, 15) is 5.11 Å². The van der Waals surface area contributed by atoms with Gasteiger partial charge in [-0.15, -0.1) is 0 Å². The molecule has 0 aromatic heterocycles. The molecular formula is C13H27NO. The van der Waals surface area contributed by atoms with Crippen LogP contribution in [0.2, 0.25) is 0 Å². The number of aliphatic hydroxyl groups excluding tert-OH is 1. The van der Waals surface area contributed by atoms with E-state index in [-0.39, 0.29) is 6.10 Å². The monoisotopic (exact) mass is 213 g/mol. The third-order valence-electron chi connectivity index (χ3n) is 3.76. The molecule has 2 atom stereocenters. The Kier molecular flexibility index (Phi) is 5.62. The summed E-state index contributed by atoms with van der Waals surface area (Å²) < 4.78 is 0. The zero-order valence-corrected chi connectivity index (χ0v) is 10.6. The van der Waals surface area contributed by atoms with E-state index in [1.807, 2.05) is 6.92 Å². The van der Waals surface area contributed by atoms with Crippen molar-refractivity contribution in [2.75, 3.05) is 13.1 Å². The summed E-state index contributed by atoms with van der Waals surface area (Å²) in [5.41, 5.74) is 0. The SMILES string of the molecule is CCC(CC)CN1CCCC1CC(C)O. The Morgan fingerprint density at radius 3 is 2.53 bits per heavy atom. The van der Waals surface area contributed by atoms with Crippen molar-refractivity contribution in [3.8, 4) is 0 Å². The van der Waals surface area contributed by atoms with Gasteiger partial charge in [0.15, 0.2) is 0 Å². The van der Waals surface area contributed by atoms with Crippen molar-refractivity contribution in [2.45, 2.75) is 65.0 Å². The predicted octanol–water partition coefficient (Wildman–Crippen LogP) is 2.66. The van der Waals surface area contributed by atoms with E-state index in [4.69, 9.17) is 0 Å². The summed E-state index contributed by atoms with van der Waals surface area (Å²) in [6, 6.07) is 0.644. The minimum absolute atomic E-state index is 0.141. The molecule has 2 heteroatoms. The summed E-state index contributed by atoms with van der Waals surface area (Å²) in [5.74, 6) is 0.847. The van der Waals surface area contributed by atoms with Crippen molar-refractivity contribution in [1.29, 1.82) is 0 Å². The normalized spacial score (nSPS) is 25.0. The molecule has 90 valence electrons. The molecule has 15 heavy (non-hydrogen) atoms. The van der Waals surface area contributed by atoms with Gasteiger partial charge in [-0.3, -0.25) is 0 Å². The van der Waals surface area contributed by atoms with Crippen molar-refractivity contribution in [2.24, 2.45) is 5.92 Å². The first-order valence-corrected chi connectivity index (χ1v) is 6.59. The molecule has 0 saturated carbocycles. The van der Waals surface area contributed by atoms with Gasteiger partial charge in [0.25, 0.3) is 0 Å². The highest BCUT2D eigenvalue weighted by molar-refractivity contribution is 4.81. The molecule has 2 nitrogen and oxygen atoms in total. The Morgan fingerprint density at radius 1 is 1.33 bits per heavy atom. The molecule has 1 aliphatic heterocycles. The van der Waals surface area contributed by atoms with E-state index in [0.29, 0.717) is 6.04 Å². The van der Waals surface area contributed by atoms with Crippen LogP contribution in [-0.4, -0.2) is 35.2 Å². The number of nitrogens with zero attached hydrogens (tertiary/aromatic N) is 1. The van der Waals surface area contributed by atoms with Crippen molar-refractivity contribution in [3.63, 3.8) is 0 Å². The fraction of sp³-hybridized carbons (Fsp3) is 1.00. The highest BCUT2D eigenvalue weighted by Crippen LogP contribution is 2.24. The smallest absolute Gasteiger partial charge is 0.0527 e. The first kappa shape index (κ1) is 13.0. The second-order valence-corrected chi connectivity index (χ2v) is 5.06. The number of hydrogen-bond donors (Lipinski definition) is 1. The molecule has 1 aliphatic rings. The van der Waals surface area contributed by atoms with Crippen LogP contribution in [0.5, 0.6) is 0 Å². The highest BCUT2D eigenvalue weighted by Gasteiger charge is 2.26. The molecule has 0 radical (unpaired) electrons. The van der Waals surface area contributed by atoms with Gasteiger partial charge in [0, 0.05) is 12.6 Å². The van der Waals surface area contributed by atoms with Crippen LogP contribution in [0.3, 0.4) is 0 Å². The van der Waals surface area contributed by atoms with Crippen LogP contribution in [0, 0.1) is 5.92 Å². The van der Waals surface area contributed by atoms with E-state index < -0.39 is 0 Å². The lowest BCUT2D eigenvalue weighted by atomic mass is 10.0. The first-order valence-electron chi connectivity index (χ1n) is 6.59. The molecule has 0 amide bonds. The third kappa shape index (κ3) is 4.12. The molecule has 0 spiro atoms. The van der Waals surface area contributed by atoms with Gasteiger partial charge in [0.05, 0.1) is 6.10 Å². The Labute approximate surface area is 94.7 Å². The van der Waals surface area contributed by atoms with Crippen LogP contribution in [0.15, 0.2) is 0 Å². The molecule has 0 aromatic carbocycles. The zero-order valence-electron chi connectivity index (χ0n) is 10.6. The summed E-state index contributed by atoms with van der Waals surface area (Å²) >= 11 is 0. The summed E-state index contributed by atoms with van der Waals surface area (Å²) in [4.78, 5) is 2.60. The van der Waals surface area contributed by atoms with Crippen LogP contribution in [0.4, 0.5) is 0 Å². The molecule has 1 fully saturated rings. The molecule has 0 aromatic rings. The summed E-state index contributed by atoms with van der Waals surface area (Å²) in [5, 5.41) is 9.45. The first-order chi connectivity index (χ1) is 7.17. The number of aliphatic hydroxyl groups is 1. The average Bonchev–Trinajstić information content (AvgIpc) is 2.61. The molecule has 0 aliphatic carbocycles. The second-order valence-electron chi connectivity index (χ2n) is 5.06. The maximum atomic E-state index is 9.45. The average molecular weight is 213 g/mol. The fourth-order valence-corrected chi connectivity index (χ4v) is 2.67. The van der Waals surface area contributed by atoms with Crippen LogP contribution >= 0.6 is 0 Å². The highest BCUT2D eigenvalue weighted by atomic mass is 16.3. The lowest BCUT2D eigenvalue weighted by Crippen LogP contribution is -2.35. The molecule has 1 saturated heterocycles. The van der Waals surface area contributed by atoms with Gasteiger partial charge >= 0.3 is 0 Å². The maximum absolute atomic E-state index is 9.45. The van der Waals surface area contributed by atoms with Crippen LogP contribution in [-0.2, 0) is 0 Å². The van der Waals surface area contributed by atoms with Gasteiger partial charge in [-0.2, -0.15) is 0 Å². The Morgan fingerprint density at radius 2 is 2.00 bits per heavy atom. The molecule has 1 rings (SSSR count). The summed E-state index contributed by atoms with van der Waals surface area (Å²) in [6.07, 6.45) is 5.99. The number of likely N-dealkylation sites (tertiary alicyclic amines) is 1. The van der Waals surface area contributed by atoms with Gasteiger partial charge in [-0.1, -0.05) is 26.7 Å². The van der Waals surface area contributed by atoms with Crippen molar-refractivity contribution >= 4 is 0 Å². The van der Waals surface area contributed by atoms with Gasteiger partial charge in [0.1, 0.15) is 0 Å². The van der Waals surface area contributed by atoms with Crippen molar-refractivity contribution < 1.29 is 5.11 Å².